The van der Waals surface area contributed by atoms with Gasteiger partial charge in [0.05, 0.1) is 6.42 Å². The molecular weight excluding hydrogens is 432 g/mol. The van der Waals surface area contributed by atoms with Crippen molar-refractivity contribution in [2.75, 3.05) is 19.7 Å². The normalized spacial score (nSPS) is 21.5. The van der Waals surface area contributed by atoms with Crippen molar-refractivity contribution in [2.45, 2.75) is 44.1 Å². The lowest BCUT2D eigenvalue weighted by molar-refractivity contribution is -0.145. The summed E-state index contributed by atoms with van der Waals surface area (Å²) in [5, 5.41) is 11.9. The highest BCUT2D eigenvalue weighted by atomic mass is 16.5. The van der Waals surface area contributed by atoms with E-state index in [-0.39, 0.29) is 42.7 Å². The summed E-state index contributed by atoms with van der Waals surface area (Å²) >= 11 is 0. The minimum Gasteiger partial charge on any atom is -0.481 e. The van der Waals surface area contributed by atoms with Gasteiger partial charge in [-0.15, -0.1) is 0 Å². The fourth-order valence-corrected chi connectivity index (χ4v) is 5.77. The number of fused-ring (bicyclic) bond motifs is 3. The molecule has 2 fully saturated rings. The molecule has 0 spiro atoms. The quantitative estimate of drug-likeness (QED) is 0.648. The SMILES string of the molecule is O=C(O)CC1CN(C(=O)CC2CCCC2NC(=O)OCC2c3ccccc3-c3ccccc32)C1. The van der Waals surface area contributed by atoms with Gasteiger partial charge in [0.25, 0.3) is 0 Å². The van der Waals surface area contributed by atoms with Crippen molar-refractivity contribution in [2.24, 2.45) is 11.8 Å². The molecule has 2 unspecified atom stereocenters. The first kappa shape index (κ1) is 22.4. The lowest BCUT2D eigenvalue weighted by Gasteiger charge is -2.39. The number of nitrogens with one attached hydrogen (secondary N) is 1. The Labute approximate surface area is 199 Å². The van der Waals surface area contributed by atoms with Crippen molar-refractivity contribution in [3.05, 3.63) is 59.7 Å². The van der Waals surface area contributed by atoms with Gasteiger partial charge in [-0.2, -0.15) is 0 Å². The zero-order valence-corrected chi connectivity index (χ0v) is 19.1. The third-order valence-corrected chi connectivity index (χ3v) is 7.52. The van der Waals surface area contributed by atoms with Crippen LogP contribution in [-0.4, -0.2) is 53.7 Å². The van der Waals surface area contributed by atoms with Crippen molar-refractivity contribution in [3.63, 3.8) is 0 Å². The molecule has 34 heavy (non-hydrogen) atoms. The molecule has 1 aliphatic heterocycles. The molecule has 1 heterocycles. The van der Waals surface area contributed by atoms with E-state index in [4.69, 9.17) is 9.84 Å². The second kappa shape index (κ2) is 9.49. The largest absolute Gasteiger partial charge is 0.481 e. The molecule has 3 aliphatic rings. The van der Waals surface area contributed by atoms with Gasteiger partial charge in [-0.3, -0.25) is 9.59 Å². The highest BCUT2D eigenvalue weighted by Crippen LogP contribution is 2.44. The maximum Gasteiger partial charge on any atom is 0.407 e. The Morgan fingerprint density at radius 1 is 0.941 bits per heavy atom. The Kier molecular flexibility index (Phi) is 6.26. The van der Waals surface area contributed by atoms with E-state index in [1.54, 1.807) is 4.90 Å². The number of nitrogens with zero attached hydrogens (tertiary/aromatic N) is 1. The number of carbonyl (C=O) groups is 3. The van der Waals surface area contributed by atoms with Crippen LogP contribution in [0.3, 0.4) is 0 Å². The molecule has 2 aromatic carbocycles. The number of rotatable bonds is 7. The number of carboxylic acid groups (broad SMARTS) is 1. The van der Waals surface area contributed by atoms with E-state index in [0.717, 1.165) is 19.3 Å². The fourth-order valence-electron chi connectivity index (χ4n) is 5.77. The predicted octanol–water partition coefficient (Wildman–Crippen LogP) is 4.02. The molecule has 2 aromatic rings. The van der Waals surface area contributed by atoms with Crippen LogP contribution < -0.4 is 5.32 Å². The van der Waals surface area contributed by atoms with Gasteiger partial charge >= 0.3 is 12.1 Å². The molecule has 0 aromatic heterocycles. The van der Waals surface area contributed by atoms with Gasteiger partial charge in [-0.25, -0.2) is 4.79 Å². The van der Waals surface area contributed by atoms with Crippen LogP contribution in [0.1, 0.15) is 49.1 Å². The molecule has 2 atom stereocenters. The molecule has 7 heteroatoms. The zero-order valence-electron chi connectivity index (χ0n) is 19.1. The Bertz CT molecular complexity index is 1050. The van der Waals surface area contributed by atoms with Gasteiger partial charge in [-0.1, -0.05) is 55.0 Å². The average Bonchev–Trinajstić information content (AvgIpc) is 3.36. The van der Waals surface area contributed by atoms with Gasteiger partial charge < -0.3 is 20.1 Å². The first-order valence-corrected chi connectivity index (χ1v) is 12.1. The van der Waals surface area contributed by atoms with E-state index in [9.17, 15) is 14.4 Å². The second-order valence-corrected chi connectivity index (χ2v) is 9.73. The number of amides is 2. The maximum atomic E-state index is 12.7. The molecule has 7 nitrogen and oxygen atoms in total. The summed E-state index contributed by atoms with van der Waals surface area (Å²) in [5.74, 6) is -0.608. The molecule has 1 saturated heterocycles. The zero-order chi connectivity index (χ0) is 23.7. The van der Waals surface area contributed by atoms with Crippen LogP contribution >= 0.6 is 0 Å². The highest BCUT2D eigenvalue weighted by Gasteiger charge is 2.36. The van der Waals surface area contributed by atoms with E-state index in [0.29, 0.717) is 19.5 Å². The lowest BCUT2D eigenvalue weighted by atomic mass is 9.93. The van der Waals surface area contributed by atoms with Gasteiger partial charge in [0.2, 0.25) is 5.91 Å². The molecule has 1 saturated carbocycles. The Hall–Kier alpha value is -3.35. The number of hydrogen-bond acceptors (Lipinski definition) is 4. The van der Waals surface area contributed by atoms with Gasteiger partial charge in [0.15, 0.2) is 0 Å². The molecular formula is C27H30N2O5. The Balaban J connectivity index is 1.13. The monoisotopic (exact) mass is 462 g/mol. The Morgan fingerprint density at radius 2 is 1.59 bits per heavy atom. The number of hydrogen-bond donors (Lipinski definition) is 2. The molecule has 178 valence electrons. The summed E-state index contributed by atoms with van der Waals surface area (Å²) in [4.78, 5) is 37.8. The Morgan fingerprint density at radius 3 is 2.24 bits per heavy atom. The highest BCUT2D eigenvalue weighted by molar-refractivity contribution is 5.79. The van der Waals surface area contributed by atoms with E-state index in [1.165, 1.54) is 22.3 Å². The molecule has 5 rings (SSSR count). The van der Waals surface area contributed by atoms with Crippen molar-refractivity contribution < 1.29 is 24.2 Å². The number of likely N-dealkylation sites (tertiary alicyclic amines) is 1. The van der Waals surface area contributed by atoms with Crippen LogP contribution in [0.2, 0.25) is 0 Å². The van der Waals surface area contributed by atoms with Crippen molar-refractivity contribution in [1.82, 2.24) is 10.2 Å². The molecule has 2 N–H and O–H groups in total. The third kappa shape index (κ3) is 4.52. The minimum absolute atomic E-state index is 0.0178. The summed E-state index contributed by atoms with van der Waals surface area (Å²) in [6.07, 6.45) is 2.76. The number of aliphatic carboxylic acids is 1. The van der Waals surface area contributed by atoms with Crippen LogP contribution in [0, 0.1) is 11.8 Å². The van der Waals surface area contributed by atoms with Crippen molar-refractivity contribution in [1.29, 1.82) is 0 Å². The number of benzene rings is 2. The fraction of sp³-hybridized carbons (Fsp3) is 0.444. The minimum atomic E-state index is -0.819. The third-order valence-electron chi connectivity index (χ3n) is 7.52. The van der Waals surface area contributed by atoms with E-state index >= 15 is 0 Å². The summed E-state index contributed by atoms with van der Waals surface area (Å²) in [7, 11) is 0. The van der Waals surface area contributed by atoms with Crippen LogP contribution in [0.4, 0.5) is 4.79 Å². The summed E-state index contributed by atoms with van der Waals surface area (Å²) in [6.45, 7) is 1.31. The maximum absolute atomic E-state index is 12.7. The van der Waals surface area contributed by atoms with E-state index in [2.05, 4.69) is 29.6 Å². The van der Waals surface area contributed by atoms with Gasteiger partial charge in [0.1, 0.15) is 6.61 Å². The summed E-state index contributed by atoms with van der Waals surface area (Å²) < 4.78 is 5.68. The number of carboxylic acids is 1. The van der Waals surface area contributed by atoms with Crippen LogP contribution in [0.15, 0.2) is 48.5 Å². The van der Waals surface area contributed by atoms with Crippen LogP contribution in [0.25, 0.3) is 11.1 Å². The molecule has 0 bridgehead atoms. The van der Waals surface area contributed by atoms with Crippen LogP contribution in [0.5, 0.6) is 0 Å². The smallest absolute Gasteiger partial charge is 0.407 e. The number of carbonyl (C=O) groups excluding carboxylic acids is 2. The number of ether oxygens (including phenoxy) is 1. The first-order valence-electron chi connectivity index (χ1n) is 12.1. The van der Waals surface area contributed by atoms with E-state index < -0.39 is 12.1 Å². The van der Waals surface area contributed by atoms with Gasteiger partial charge in [0, 0.05) is 37.4 Å². The molecule has 2 amide bonds. The summed E-state index contributed by atoms with van der Waals surface area (Å²) in [5.41, 5.74) is 4.74. The predicted molar refractivity (Wildman–Crippen MR) is 126 cm³/mol. The lowest BCUT2D eigenvalue weighted by Crippen LogP contribution is -2.51. The second-order valence-electron chi connectivity index (χ2n) is 9.73. The standard InChI is InChI=1S/C27H30N2O5/c30-25(29-14-17(15-29)12-26(31)32)13-18-6-5-11-24(18)28-27(33)34-16-23-21-9-3-1-7-19(21)20-8-2-4-10-22(20)23/h1-4,7-10,17-18,23-24H,5-6,11-16H2,(H,28,33)(H,31,32). The molecule has 0 radical (unpaired) electrons. The number of alkyl carbamates (subject to hydrolysis) is 1. The first-order chi connectivity index (χ1) is 16.5. The topological polar surface area (TPSA) is 95.9 Å². The van der Waals surface area contributed by atoms with Crippen molar-refractivity contribution >= 4 is 18.0 Å². The average molecular weight is 463 g/mol. The van der Waals surface area contributed by atoms with Crippen molar-refractivity contribution in [3.8, 4) is 11.1 Å². The van der Waals surface area contributed by atoms with E-state index in [1.807, 2.05) is 24.3 Å². The summed E-state index contributed by atoms with van der Waals surface area (Å²) in [6, 6.07) is 16.4. The van der Waals surface area contributed by atoms with Gasteiger partial charge in [-0.05, 0) is 41.0 Å². The molecule has 2 aliphatic carbocycles. The van der Waals surface area contributed by atoms with Crippen LogP contribution in [-0.2, 0) is 14.3 Å².